The van der Waals surface area contributed by atoms with Crippen molar-refractivity contribution < 1.29 is 4.74 Å². The van der Waals surface area contributed by atoms with Gasteiger partial charge in [0.2, 0.25) is 5.90 Å². The van der Waals surface area contributed by atoms with Crippen LogP contribution in [0.1, 0.15) is 19.5 Å². The Balaban J connectivity index is 2.27. The monoisotopic (exact) mass is 316 g/mol. The molecule has 0 N–H and O–H groups in total. The zero-order valence-electron chi connectivity index (χ0n) is 8.77. The third-order valence-corrected chi connectivity index (χ3v) is 3.27. The highest BCUT2D eigenvalue weighted by molar-refractivity contribution is 14.1. The van der Waals surface area contributed by atoms with Gasteiger partial charge >= 0.3 is 0 Å². The fourth-order valence-electron chi connectivity index (χ4n) is 1.40. The topological polar surface area (TPSA) is 34.5 Å². The second kappa shape index (κ2) is 4.47. The molecule has 2 heterocycles. The van der Waals surface area contributed by atoms with Crippen molar-refractivity contribution in [2.45, 2.75) is 19.9 Å². The molecule has 1 atom stereocenters. The summed E-state index contributed by atoms with van der Waals surface area (Å²) >= 11 is 2.25. The Morgan fingerprint density at radius 2 is 2.33 bits per heavy atom. The number of rotatable bonds is 2. The van der Waals surface area contributed by atoms with E-state index in [9.17, 15) is 0 Å². The number of ether oxygens (including phenoxy) is 1. The van der Waals surface area contributed by atoms with E-state index in [0.29, 0.717) is 18.4 Å². The van der Waals surface area contributed by atoms with Gasteiger partial charge in [-0.25, -0.2) is 4.99 Å². The summed E-state index contributed by atoms with van der Waals surface area (Å²) in [5.74, 6) is 1.21. The quantitative estimate of drug-likeness (QED) is 0.786. The lowest BCUT2D eigenvalue weighted by Crippen LogP contribution is -2.13. The van der Waals surface area contributed by atoms with E-state index in [1.165, 1.54) is 0 Å². The van der Waals surface area contributed by atoms with E-state index in [1.807, 2.05) is 12.1 Å². The Morgan fingerprint density at radius 1 is 1.53 bits per heavy atom. The lowest BCUT2D eigenvalue weighted by atomic mass is 10.1. The van der Waals surface area contributed by atoms with Gasteiger partial charge in [-0.3, -0.25) is 4.98 Å². The average molecular weight is 316 g/mol. The molecular formula is C11H13IN2O. The first-order chi connectivity index (χ1) is 7.18. The summed E-state index contributed by atoms with van der Waals surface area (Å²) in [7, 11) is 0. The summed E-state index contributed by atoms with van der Waals surface area (Å²) in [5, 5.41) is 0. The van der Waals surface area contributed by atoms with Gasteiger partial charge in [0.05, 0.1) is 6.04 Å². The van der Waals surface area contributed by atoms with Crippen LogP contribution in [0.15, 0.2) is 23.3 Å². The van der Waals surface area contributed by atoms with Crippen LogP contribution < -0.4 is 0 Å². The molecule has 1 aliphatic heterocycles. The predicted molar refractivity (Wildman–Crippen MR) is 68.1 cm³/mol. The minimum Gasteiger partial charge on any atom is -0.474 e. The largest absolute Gasteiger partial charge is 0.474 e. The summed E-state index contributed by atoms with van der Waals surface area (Å²) in [5.41, 5.74) is 0.862. The molecule has 0 saturated carbocycles. The molecule has 1 aromatic rings. The molecule has 0 amide bonds. The molecule has 0 spiro atoms. The first-order valence-electron chi connectivity index (χ1n) is 5.00. The standard InChI is InChI=1S/C11H13IN2O/c1-7(2)9-6-15-11(14-9)10-8(12)4-3-5-13-10/h3-5,7,9H,6H2,1-2H3/t9-/m1/s1. The molecule has 0 saturated heterocycles. The summed E-state index contributed by atoms with van der Waals surface area (Å²) < 4.78 is 6.66. The van der Waals surface area contributed by atoms with Gasteiger partial charge in [0.1, 0.15) is 12.3 Å². The molecule has 80 valence electrons. The maximum atomic E-state index is 5.58. The second-order valence-corrected chi connectivity index (χ2v) is 5.05. The van der Waals surface area contributed by atoms with Gasteiger partial charge in [-0.1, -0.05) is 13.8 Å². The van der Waals surface area contributed by atoms with Crippen molar-refractivity contribution in [3.05, 3.63) is 27.6 Å². The van der Waals surface area contributed by atoms with Crippen LogP contribution in [0.25, 0.3) is 0 Å². The van der Waals surface area contributed by atoms with Gasteiger partial charge in [-0.05, 0) is 40.6 Å². The van der Waals surface area contributed by atoms with Crippen LogP contribution in [0.3, 0.4) is 0 Å². The van der Waals surface area contributed by atoms with E-state index in [2.05, 4.69) is 46.4 Å². The fraction of sp³-hybridized carbons (Fsp3) is 0.455. The molecule has 0 bridgehead atoms. The molecular weight excluding hydrogens is 303 g/mol. The minimum atomic E-state index is 0.276. The van der Waals surface area contributed by atoms with Crippen LogP contribution in [-0.4, -0.2) is 23.5 Å². The van der Waals surface area contributed by atoms with Crippen molar-refractivity contribution in [1.82, 2.24) is 4.98 Å². The van der Waals surface area contributed by atoms with Crippen LogP contribution in [0.5, 0.6) is 0 Å². The Morgan fingerprint density at radius 3 is 2.93 bits per heavy atom. The normalized spacial score (nSPS) is 20.3. The summed E-state index contributed by atoms with van der Waals surface area (Å²) in [6.45, 7) is 4.99. The van der Waals surface area contributed by atoms with Crippen LogP contribution in [0.2, 0.25) is 0 Å². The van der Waals surface area contributed by atoms with Crippen molar-refractivity contribution in [3.8, 4) is 0 Å². The van der Waals surface area contributed by atoms with E-state index < -0.39 is 0 Å². The Bertz CT molecular complexity index is 390. The van der Waals surface area contributed by atoms with Crippen molar-refractivity contribution in [2.75, 3.05) is 6.61 Å². The van der Waals surface area contributed by atoms with E-state index >= 15 is 0 Å². The van der Waals surface area contributed by atoms with Gasteiger partial charge in [-0.2, -0.15) is 0 Å². The second-order valence-electron chi connectivity index (χ2n) is 3.89. The molecule has 0 aromatic carbocycles. The summed E-state index contributed by atoms with van der Waals surface area (Å²) in [6.07, 6.45) is 1.77. The maximum absolute atomic E-state index is 5.58. The fourth-order valence-corrected chi connectivity index (χ4v) is 1.98. The molecule has 0 unspecified atom stereocenters. The Hall–Kier alpha value is -0.650. The number of halogens is 1. The van der Waals surface area contributed by atoms with Gasteiger partial charge in [0.25, 0.3) is 0 Å². The summed E-state index contributed by atoms with van der Waals surface area (Å²) in [4.78, 5) is 8.84. The molecule has 15 heavy (non-hydrogen) atoms. The van der Waals surface area contributed by atoms with Crippen molar-refractivity contribution in [3.63, 3.8) is 0 Å². The summed E-state index contributed by atoms with van der Waals surface area (Å²) in [6, 6.07) is 4.20. The zero-order valence-corrected chi connectivity index (χ0v) is 10.9. The smallest absolute Gasteiger partial charge is 0.236 e. The molecule has 0 aliphatic carbocycles. The SMILES string of the molecule is CC(C)[C@H]1COC(c2ncccc2I)=N1. The van der Waals surface area contributed by atoms with E-state index in [4.69, 9.17) is 4.74 Å². The first-order valence-corrected chi connectivity index (χ1v) is 6.08. The van der Waals surface area contributed by atoms with E-state index in [1.54, 1.807) is 6.20 Å². The predicted octanol–water partition coefficient (Wildman–Crippen LogP) is 2.49. The number of hydrogen-bond donors (Lipinski definition) is 0. The Kier molecular flexibility index (Phi) is 3.23. The number of nitrogens with zero attached hydrogens (tertiary/aromatic N) is 2. The highest BCUT2D eigenvalue weighted by Gasteiger charge is 2.24. The molecule has 0 radical (unpaired) electrons. The number of aliphatic imine (C=N–C) groups is 1. The molecule has 2 rings (SSSR count). The van der Waals surface area contributed by atoms with Gasteiger partial charge in [-0.15, -0.1) is 0 Å². The highest BCUT2D eigenvalue weighted by atomic mass is 127. The van der Waals surface area contributed by atoms with Crippen LogP contribution in [-0.2, 0) is 4.74 Å². The van der Waals surface area contributed by atoms with E-state index in [0.717, 1.165) is 9.26 Å². The lowest BCUT2D eigenvalue weighted by Gasteiger charge is -2.06. The third kappa shape index (κ3) is 2.30. The van der Waals surface area contributed by atoms with Crippen LogP contribution >= 0.6 is 22.6 Å². The van der Waals surface area contributed by atoms with Crippen molar-refractivity contribution >= 4 is 28.5 Å². The molecule has 3 nitrogen and oxygen atoms in total. The highest BCUT2D eigenvalue weighted by Crippen LogP contribution is 2.19. The van der Waals surface area contributed by atoms with Gasteiger partial charge < -0.3 is 4.74 Å². The van der Waals surface area contributed by atoms with Crippen LogP contribution in [0.4, 0.5) is 0 Å². The number of pyridine rings is 1. The molecule has 4 heteroatoms. The average Bonchev–Trinajstić information content (AvgIpc) is 2.67. The van der Waals surface area contributed by atoms with Gasteiger partial charge in [0.15, 0.2) is 0 Å². The number of aromatic nitrogens is 1. The first kappa shape index (κ1) is 10.9. The molecule has 0 fully saturated rings. The molecule has 1 aliphatic rings. The third-order valence-electron chi connectivity index (χ3n) is 2.40. The minimum absolute atomic E-state index is 0.276. The van der Waals surface area contributed by atoms with Crippen molar-refractivity contribution in [2.24, 2.45) is 10.9 Å². The van der Waals surface area contributed by atoms with Gasteiger partial charge in [0, 0.05) is 9.77 Å². The van der Waals surface area contributed by atoms with Crippen LogP contribution in [0, 0.1) is 9.49 Å². The zero-order chi connectivity index (χ0) is 10.8. The lowest BCUT2D eigenvalue weighted by molar-refractivity contribution is 0.291. The molecule has 1 aromatic heterocycles. The maximum Gasteiger partial charge on any atom is 0.236 e. The van der Waals surface area contributed by atoms with E-state index in [-0.39, 0.29) is 6.04 Å². The number of hydrogen-bond acceptors (Lipinski definition) is 3. The Labute approximate surface area is 103 Å². The van der Waals surface area contributed by atoms with Crippen molar-refractivity contribution in [1.29, 1.82) is 0 Å².